The third-order valence-corrected chi connectivity index (χ3v) is 4.13. The smallest absolute Gasteiger partial charge is 0.269 e. The third-order valence-electron chi connectivity index (χ3n) is 4.13. The van der Waals surface area contributed by atoms with Crippen LogP contribution in [0.25, 0.3) is 0 Å². The molecular weight excluding hydrogens is 320 g/mol. The van der Waals surface area contributed by atoms with Crippen LogP contribution in [0.5, 0.6) is 0 Å². The van der Waals surface area contributed by atoms with Crippen LogP contribution in [0, 0.1) is 10.1 Å². The van der Waals surface area contributed by atoms with Gasteiger partial charge in [0.1, 0.15) is 12.5 Å². The number of hydrogen-bond donors (Lipinski definition) is 1. The lowest BCUT2D eigenvalue weighted by molar-refractivity contribution is -0.384. The molecule has 0 saturated carbocycles. The predicted octanol–water partition coefficient (Wildman–Crippen LogP) is 2.45. The van der Waals surface area contributed by atoms with Gasteiger partial charge in [-0.25, -0.2) is 0 Å². The van der Waals surface area contributed by atoms with Crippen molar-refractivity contribution in [3.8, 4) is 0 Å². The quantitative estimate of drug-likeness (QED) is 0.686. The van der Waals surface area contributed by atoms with Crippen LogP contribution in [0.2, 0.25) is 0 Å². The summed E-state index contributed by atoms with van der Waals surface area (Å²) in [5.41, 5.74) is 8.81. The van der Waals surface area contributed by atoms with Crippen molar-refractivity contribution < 1.29 is 4.92 Å². The molecular formula is C17H14N6O2. The highest BCUT2D eigenvalue weighted by Crippen LogP contribution is 2.30. The van der Waals surface area contributed by atoms with Crippen LogP contribution in [-0.4, -0.2) is 23.6 Å². The summed E-state index contributed by atoms with van der Waals surface area (Å²) in [6.07, 6.45) is 1.62. The number of benzene rings is 2. The van der Waals surface area contributed by atoms with Gasteiger partial charge in [-0.1, -0.05) is 18.2 Å². The fraction of sp³-hybridized carbons (Fsp3) is 0.0588. The zero-order valence-corrected chi connectivity index (χ0v) is 13.1. The molecule has 0 atom stereocenters. The Labute approximate surface area is 143 Å². The molecule has 4 rings (SSSR count). The minimum absolute atomic E-state index is 0.0422. The van der Waals surface area contributed by atoms with Crippen LogP contribution in [0.1, 0.15) is 0 Å². The molecule has 25 heavy (non-hydrogen) atoms. The lowest BCUT2D eigenvalue weighted by Crippen LogP contribution is -2.49. The van der Waals surface area contributed by atoms with Gasteiger partial charge in [-0.2, -0.15) is 5.10 Å². The second kappa shape index (κ2) is 5.75. The van der Waals surface area contributed by atoms with Gasteiger partial charge >= 0.3 is 0 Å². The standard InChI is InChI=1S/C17H14N6O2/c18-16-15-10-19-20-17(15)22(11-21(16)12-4-2-1-3-5-12)13-6-8-14(9-7-13)23(24)25/h1-10H,11,18H2. The van der Waals surface area contributed by atoms with Gasteiger partial charge < -0.3 is 15.5 Å². The molecule has 8 nitrogen and oxygen atoms in total. The number of non-ortho nitro benzene ring substituents is 1. The van der Waals surface area contributed by atoms with E-state index in [0.717, 1.165) is 16.9 Å². The van der Waals surface area contributed by atoms with E-state index in [1.54, 1.807) is 18.3 Å². The maximum absolute atomic E-state index is 10.9. The maximum Gasteiger partial charge on any atom is 0.269 e. The monoisotopic (exact) mass is 334 g/mol. The molecule has 124 valence electrons. The van der Waals surface area contributed by atoms with Gasteiger partial charge in [0.15, 0.2) is 5.84 Å². The van der Waals surface area contributed by atoms with Crippen molar-refractivity contribution in [3.05, 3.63) is 76.1 Å². The Hall–Kier alpha value is -3.68. The number of nitrogens with two attached hydrogens (primary N) is 1. The first-order chi connectivity index (χ1) is 12.1. The van der Waals surface area contributed by atoms with Crippen LogP contribution in [0.3, 0.4) is 0 Å². The molecule has 0 amide bonds. The number of fused-ring (bicyclic) bond motifs is 1. The molecule has 0 radical (unpaired) electrons. The molecule has 0 saturated heterocycles. The van der Waals surface area contributed by atoms with Crippen molar-refractivity contribution in [2.45, 2.75) is 0 Å². The van der Waals surface area contributed by atoms with E-state index in [2.05, 4.69) is 10.2 Å². The van der Waals surface area contributed by atoms with Crippen LogP contribution >= 0.6 is 0 Å². The molecule has 2 heterocycles. The van der Waals surface area contributed by atoms with E-state index in [1.165, 1.54) is 12.1 Å². The Morgan fingerprint density at radius 3 is 2.36 bits per heavy atom. The largest absolute Gasteiger partial charge is 0.384 e. The molecule has 2 aromatic carbocycles. The minimum Gasteiger partial charge on any atom is -0.384 e. The average molecular weight is 334 g/mol. The maximum atomic E-state index is 10.9. The first kappa shape index (κ1) is 14.9. The molecule has 0 unspecified atom stereocenters. The molecule has 0 spiro atoms. The first-order valence-electron chi connectivity index (χ1n) is 7.61. The summed E-state index contributed by atoms with van der Waals surface area (Å²) < 4.78 is 0. The fourth-order valence-electron chi connectivity index (χ4n) is 2.85. The average Bonchev–Trinajstić information content (AvgIpc) is 3.13. The number of amidine groups is 1. The summed E-state index contributed by atoms with van der Waals surface area (Å²) in [6.45, 7) is 0.430. The SMILES string of the molecule is NC1=C2C=NN=C2N(c2ccc([N+](=O)[O-])cc2)CN1c1ccccc1. The van der Waals surface area contributed by atoms with Crippen molar-refractivity contribution in [1.29, 1.82) is 0 Å². The second-order valence-electron chi connectivity index (χ2n) is 5.57. The van der Waals surface area contributed by atoms with Crippen LogP contribution in [0.4, 0.5) is 17.1 Å². The van der Waals surface area contributed by atoms with Gasteiger partial charge in [0, 0.05) is 23.5 Å². The van der Waals surface area contributed by atoms with E-state index in [4.69, 9.17) is 5.73 Å². The zero-order chi connectivity index (χ0) is 17.4. The molecule has 0 aromatic heterocycles. The third kappa shape index (κ3) is 2.49. The zero-order valence-electron chi connectivity index (χ0n) is 13.1. The van der Waals surface area contributed by atoms with E-state index in [9.17, 15) is 10.1 Å². The van der Waals surface area contributed by atoms with E-state index < -0.39 is 4.92 Å². The topological polar surface area (TPSA) is 100 Å². The number of nitro benzene ring substituents is 1. The number of anilines is 2. The minimum atomic E-state index is -0.421. The Bertz CT molecular complexity index is 918. The second-order valence-corrected chi connectivity index (χ2v) is 5.57. The van der Waals surface area contributed by atoms with Crippen molar-refractivity contribution in [2.75, 3.05) is 16.5 Å². The summed E-state index contributed by atoms with van der Waals surface area (Å²) in [5, 5.41) is 19.0. The van der Waals surface area contributed by atoms with E-state index >= 15 is 0 Å². The van der Waals surface area contributed by atoms with E-state index in [0.29, 0.717) is 18.3 Å². The molecule has 0 bridgehead atoms. The van der Waals surface area contributed by atoms with Crippen molar-refractivity contribution in [2.24, 2.45) is 15.9 Å². The van der Waals surface area contributed by atoms with Gasteiger partial charge in [0.25, 0.3) is 5.69 Å². The predicted molar refractivity (Wildman–Crippen MR) is 96.5 cm³/mol. The Morgan fingerprint density at radius 2 is 1.68 bits per heavy atom. The van der Waals surface area contributed by atoms with Crippen LogP contribution in [-0.2, 0) is 0 Å². The van der Waals surface area contributed by atoms with E-state index in [-0.39, 0.29) is 5.69 Å². The molecule has 2 aliphatic rings. The first-order valence-corrected chi connectivity index (χ1v) is 7.61. The van der Waals surface area contributed by atoms with Crippen LogP contribution < -0.4 is 15.5 Å². The summed E-state index contributed by atoms with van der Waals surface area (Å²) in [5.74, 6) is 1.21. The van der Waals surface area contributed by atoms with Crippen LogP contribution in [0.15, 0.2) is 76.2 Å². The number of hydrogen-bond acceptors (Lipinski definition) is 7. The Kier molecular flexibility index (Phi) is 3.42. The van der Waals surface area contributed by atoms with Gasteiger partial charge in [-0.05, 0) is 24.3 Å². The molecule has 2 aromatic rings. The summed E-state index contributed by atoms with van der Waals surface area (Å²) in [6, 6.07) is 16.1. The lowest BCUT2D eigenvalue weighted by Gasteiger charge is -2.38. The molecule has 2 aliphatic heterocycles. The lowest BCUT2D eigenvalue weighted by atomic mass is 10.1. The summed E-state index contributed by atoms with van der Waals surface area (Å²) >= 11 is 0. The molecule has 0 aliphatic carbocycles. The van der Waals surface area contributed by atoms with Gasteiger partial charge in [0.2, 0.25) is 0 Å². The van der Waals surface area contributed by atoms with Gasteiger partial charge in [-0.3, -0.25) is 10.1 Å². The number of rotatable bonds is 3. The van der Waals surface area contributed by atoms with E-state index in [1.807, 2.05) is 40.1 Å². The normalized spacial score (nSPS) is 16.1. The van der Waals surface area contributed by atoms with Gasteiger partial charge in [-0.15, -0.1) is 5.10 Å². The number of nitrogens with zero attached hydrogens (tertiary/aromatic N) is 5. The van der Waals surface area contributed by atoms with Crippen molar-refractivity contribution >= 4 is 29.1 Å². The van der Waals surface area contributed by atoms with Crippen molar-refractivity contribution in [1.82, 2.24) is 0 Å². The molecule has 2 N–H and O–H groups in total. The highest BCUT2D eigenvalue weighted by molar-refractivity contribution is 6.25. The highest BCUT2D eigenvalue weighted by atomic mass is 16.6. The summed E-state index contributed by atoms with van der Waals surface area (Å²) in [7, 11) is 0. The number of para-hydroxylation sites is 1. The molecule has 8 heteroatoms. The number of nitro groups is 1. The highest BCUT2D eigenvalue weighted by Gasteiger charge is 2.32. The summed E-state index contributed by atoms with van der Waals surface area (Å²) in [4.78, 5) is 14.3. The van der Waals surface area contributed by atoms with Gasteiger partial charge in [0.05, 0.1) is 16.7 Å². The molecule has 0 fully saturated rings. The Balaban J connectivity index is 1.75. The van der Waals surface area contributed by atoms with Crippen molar-refractivity contribution in [3.63, 3.8) is 0 Å². The fourth-order valence-corrected chi connectivity index (χ4v) is 2.85. The Morgan fingerprint density at radius 1 is 1.00 bits per heavy atom.